The zero-order valence-corrected chi connectivity index (χ0v) is 12.3. The maximum Gasteiger partial charge on any atom is 0.322 e. The topological polar surface area (TPSA) is 70.6 Å². The van der Waals surface area contributed by atoms with Crippen LogP contribution in [0.2, 0.25) is 0 Å². The minimum Gasteiger partial charge on any atom is -0.488 e. The van der Waals surface area contributed by atoms with Gasteiger partial charge in [0.15, 0.2) is 0 Å². The molecule has 1 heterocycles. The van der Waals surface area contributed by atoms with Crippen molar-refractivity contribution in [3.05, 3.63) is 29.8 Å². The summed E-state index contributed by atoms with van der Waals surface area (Å²) in [5.74, 6) is -0.155. The van der Waals surface area contributed by atoms with Crippen molar-refractivity contribution in [3.63, 3.8) is 0 Å². The van der Waals surface area contributed by atoms with Gasteiger partial charge >= 0.3 is 5.97 Å². The highest BCUT2D eigenvalue weighted by Gasteiger charge is 2.38. The molecule has 3 unspecified atom stereocenters. The number of benzene rings is 1. The first-order valence-electron chi connectivity index (χ1n) is 6.81. The highest BCUT2D eigenvalue weighted by molar-refractivity contribution is 5.75. The Balaban J connectivity index is 2.18. The van der Waals surface area contributed by atoms with Gasteiger partial charge < -0.3 is 9.84 Å². The van der Waals surface area contributed by atoms with Gasteiger partial charge in [-0.2, -0.15) is 0 Å². The third-order valence-electron chi connectivity index (χ3n) is 3.32. The molecule has 5 nitrogen and oxygen atoms in total. The molecule has 0 amide bonds. The Bertz CT molecular complexity index is 479. The summed E-state index contributed by atoms with van der Waals surface area (Å²) in [6.07, 6.45) is 0. The van der Waals surface area contributed by atoms with Gasteiger partial charge in [0.1, 0.15) is 17.4 Å². The lowest BCUT2D eigenvalue weighted by Gasteiger charge is -2.22. The van der Waals surface area contributed by atoms with E-state index in [0.29, 0.717) is 0 Å². The molecule has 110 valence electrons. The minimum absolute atomic E-state index is 0.0606. The first-order chi connectivity index (χ1) is 9.28. The van der Waals surface area contributed by atoms with Crippen LogP contribution in [0.1, 0.15) is 39.2 Å². The van der Waals surface area contributed by atoms with E-state index >= 15 is 0 Å². The Hall–Kier alpha value is -1.59. The molecule has 0 bridgehead atoms. The molecule has 1 fully saturated rings. The molecule has 0 aliphatic carbocycles. The van der Waals surface area contributed by atoms with Gasteiger partial charge in [-0.05, 0) is 45.4 Å². The van der Waals surface area contributed by atoms with Crippen LogP contribution in [0.5, 0.6) is 5.75 Å². The molecular formula is C15H22N2O3. The van der Waals surface area contributed by atoms with Gasteiger partial charge in [-0.25, -0.2) is 5.43 Å². The Morgan fingerprint density at radius 2 is 1.80 bits per heavy atom. The maximum atomic E-state index is 11.3. The summed E-state index contributed by atoms with van der Waals surface area (Å²) in [5, 5.41) is 9.24. The molecule has 1 saturated heterocycles. The molecule has 1 aromatic carbocycles. The number of carboxylic acids is 1. The number of hydrazine groups is 1. The fourth-order valence-corrected chi connectivity index (χ4v) is 2.50. The molecule has 5 heteroatoms. The summed E-state index contributed by atoms with van der Waals surface area (Å²) >= 11 is 0. The van der Waals surface area contributed by atoms with Crippen molar-refractivity contribution in [3.8, 4) is 5.75 Å². The lowest BCUT2D eigenvalue weighted by molar-refractivity contribution is -0.139. The van der Waals surface area contributed by atoms with Crippen molar-refractivity contribution in [1.29, 1.82) is 0 Å². The van der Waals surface area contributed by atoms with Crippen LogP contribution in [-0.2, 0) is 4.79 Å². The molecule has 1 aromatic rings. The lowest BCUT2D eigenvalue weighted by atomic mass is 9.88. The molecule has 2 rings (SSSR count). The summed E-state index contributed by atoms with van der Waals surface area (Å²) in [6, 6.07) is 7.11. The number of ether oxygens (including phenoxy) is 1. The van der Waals surface area contributed by atoms with E-state index in [9.17, 15) is 9.90 Å². The highest BCUT2D eigenvalue weighted by Crippen LogP contribution is 2.29. The molecule has 0 aromatic heterocycles. The molecule has 0 saturated carbocycles. The number of rotatable bonds is 3. The standard InChI is InChI=1S/C15H22N2O3/c1-9-12(13(14(18)19)17-16-9)10-5-7-11(8-6-10)20-15(2,3)4/h5-9,12-13,16-17H,1-4H3,(H,18,19). The molecule has 3 N–H and O–H groups in total. The van der Waals surface area contributed by atoms with E-state index in [-0.39, 0.29) is 17.6 Å². The minimum atomic E-state index is -0.845. The van der Waals surface area contributed by atoms with Gasteiger partial charge in [0.25, 0.3) is 0 Å². The Morgan fingerprint density at radius 3 is 2.30 bits per heavy atom. The Kier molecular flexibility index (Phi) is 4.01. The molecule has 0 radical (unpaired) electrons. The third kappa shape index (κ3) is 3.29. The van der Waals surface area contributed by atoms with Crippen LogP contribution in [0, 0.1) is 0 Å². The SMILES string of the molecule is CC1NNC(C(=O)O)C1c1ccc(OC(C)(C)C)cc1. The van der Waals surface area contributed by atoms with Crippen LogP contribution in [0.25, 0.3) is 0 Å². The fraction of sp³-hybridized carbons (Fsp3) is 0.533. The lowest BCUT2D eigenvalue weighted by Crippen LogP contribution is -2.38. The van der Waals surface area contributed by atoms with E-state index in [1.165, 1.54) is 0 Å². The quantitative estimate of drug-likeness (QED) is 0.787. The van der Waals surface area contributed by atoms with Crippen LogP contribution in [-0.4, -0.2) is 28.8 Å². The number of carboxylic acid groups (broad SMARTS) is 1. The summed E-state index contributed by atoms with van der Waals surface area (Å²) in [4.78, 5) is 11.3. The predicted molar refractivity (Wildman–Crippen MR) is 76.7 cm³/mol. The van der Waals surface area contributed by atoms with Crippen LogP contribution in [0.15, 0.2) is 24.3 Å². The second kappa shape index (κ2) is 5.42. The monoisotopic (exact) mass is 278 g/mol. The van der Waals surface area contributed by atoms with Gasteiger partial charge in [-0.1, -0.05) is 12.1 Å². The van der Waals surface area contributed by atoms with Crippen LogP contribution < -0.4 is 15.6 Å². The van der Waals surface area contributed by atoms with E-state index in [1.54, 1.807) is 0 Å². The average molecular weight is 278 g/mol. The number of nitrogens with one attached hydrogen (secondary N) is 2. The van der Waals surface area contributed by atoms with Crippen molar-refractivity contribution < 1.29 is 14.6 Å². The summed E-state index contributed by atoms with van der Waals surface area (Å²) < 4.78 is 5.77. The number of hydrogen-bond donors (Lipinski definition) is 3. The van der Waals surface area contributed by atoms with Crippen LogP contribution in [0.4, 0.5) is 0 Å². The molecule has 0 spiro atoms. The molecule has 3 atom stereocenters. The first kappa shape index (κ1) is 14.8. The van der Waals surface area contributed by atoms with Crippen LogP contribution >= 0.6 is 0 Å². The van der Waals surface area contributed by atoms with E-state index in [2.05, 4.69) is 10.9 Å². The smallest absolute Gasteiger partial charge is 0.322 e. The average Bonchev–Trinajstić information content (AvgIpc) is 2.70. The second-order valence-corrected chi connectivity index (χ2v) is 6.20. The van der Waals surface area contributed by atoms with Gasteiger partial charge in [0.05, 0.1) is 0 Å². The fourth-order valence-electron chi connectivity index (χ4n) is 2.50. The molecule has 1 aliphatic heterocycles. The summed E-state index contributed by atoms with van der Waals surface area (Å²) in [7, 11) is 0. The van der Waals surface area contributed by atoms with Gasteiger partial charge in [0.2, 0.25) is 0 Å². The van der Waals surface area contributed by atoms with Crippen molar-refractivity contribution in [1.82, 2.24) is 10.9 Å². The van der Waals surface area contributed by atoms with E-state index in [4.69, 9.17) is 4.74 Å². The normalized spacial score (nSPS) is 26.5. The van der Waals surface area contributed by atoms with E-state index in [0.717, 1.165) is 11.3 Å². The number of aliphatic carboxylic acids is 1. The molecule has 20 heavy (non-hydrogen) atoms. The predicted octanol–water partition coefficient (Wildman–Crippen LogP) is 1.90. The van der Waals surface area contributed by atoms with Crippen molar-refractivity contribution >= 4 is 5.97 Å². The van der Waals surface area contributed by atoms with Crippen molar-refractivity contribution in [2.45, 2.75) is 51.3 Å². The van der Waals surface area contributed by atoms with E-state index < -0.39 is 12.0 Å². The third-order valence-corrected chi connectivity index (χ3v) is 3.32. The van der Waals surface area contributed by atoms with E-state index in [1.807, 2.05) is 52.0 Å². The second-order valence-electron chi connectivity index (χ2n) is 6.20. The van der Waals surface area contributed by atoms with Crippen molar-refractivity contribution in [2.24, 2.45) is 0 Å². The molecule has 1 aliphatic rings. The van der Waals surface area contributed by atoms with Gasteiger partial charge in [0, 0.05) is 12.0 Å². The number of carbonyl (C=O) groups is 1. The number of hydrogen-bond acceptors (Lipinski definition) is 4. The summed E-state index contributed by atoms with van der Waals surface area (Å²) in [5.41, 5.74) is 6.56. The Labute approximate surface area is 119 Å². The largest absolute Gasteiger partial charge is 0.488 e. The maximum absolute atomic E-state index is 11.3. The highest BCUT2D eigenvalue weighted by atomic mass is 16.5. The van der Waals surface area contributed by atoms with Gasteiger partial charge in [-0.15, -0.1) is 0 Å². The summed E-state index contributed by atoms with van der Waals surface area (Å²) in [6.45, 7) is 7.96. The zero-order valence-electron chi connectivity index (χ0n) is 12.3. The molecular weight excluding hydrogens is 256 g/mol. The zero-order chi connectivity index (χ0) is 14.9. The van der Waals surface area contributed by atoms with Crippen LogP contribution in [0.3, 0.4) is 0 Å². The van der Waals surface area contributed by atoms with Gasteiger partial charge in [-0.3, -0.25) is 10.2 Å². The first-order valence-corrected chi connectivity index (χ1v) is 6.81. The Morgan fingerprint density at radius 1 is 1.20 bits per heavy atom. The van der Waals surface area contributed by atoms with Crippen molar-refractivity contribution in [2.75, 3.05) is 0 Å².